The van der Waals surface area contributed by atoms with E-state index in [0.29, 0.717) is 10.7 Å². The van der Waals surface area contributed by atoms with Gasteiger partial charge < -0.3 is 10.1 Å². The number of anilines is 1. The summed E-state index contributed by atoms with van der Waals surface area (Å²) in [6.07, 6.45) is 1.15. The average molecular weight is 372 g/mol. The minimum atomic E-state index is -0.818. The van der Waals surface area contributed by atoms with Gasteiger partial charge in [-0.15, -0.1) is 0 Å². The maximum atomic E-state index is 11.7. The summed E-state index contributed by atoms with van der Waals surface area (Å²) in [5.41, 5.74) is -1.01. The number of carbonyl (C=O) groups excluding carboxylic acids is 2. The minimum absolute atomic E-state index is 0.238. The molecule has 24 heavy (non-hydrogen) atoms. The molecule has 1 amide bonds. The number of aromatic nitrogens is 2. The summed E-state index contributed by atoms with van der Waals surface area (Å²) >= 11 is 11.6. The number of rotatable bonds is 5. The molecule has 1 aromatic carbocycles. The van der Waals surface area contributed by atoms with Crippen LogP contribution >= 0.6 is 23.2 Å². The predicted molar refractivity (Wildman–Crippen MR) is 87.4 cm³/mol. The molecule has 0 fully saturated rings. The molecule has 8 nitrogen and oxygen atoms in total. The van der Waals surface area contributed by atoms with Crippen LogP contribution in [0.15, 0.2) is 40.1 Å². The van der Waals surface area contributed by atoms with Crippen molar-refractivity contribution in [3.05, 3.63) is 61.3 Å². The van der Waals surface area contributed by atoms with Gasteiger partial charge in [0, 0.05) is 17.3 Å². The number of carbonyl (C=O) groups is 2. The van der Waals surface area contributed by atoms with Crippen molar-refractivity contribution in [2.45, 2.75) is 6.54 Å². The van der Waals surface area contributed by atoms with E-state index in [-0.39, 0.29) is 5.02 Å². The van der Waals surface area contributed by atoms with Crippen molar-refractivity contribution >= 4 is 40.8 Å². The van der Waals surface area contributed by atoms with E-state index < -0.39 is 36.3 Å². The average Bonchev–Trinajstić information content (AvgIpc) is 2.51. The Labute approximate surface area is 145 Å². The number of ether oxygens (including phenoxy) is 1. The molecule has 126 valence electrons. The molecular formula is C14H11Cl2N3O5. The fraction of sp³-hybridized carbons (Fsp3) is 0.143. The number of halogens is 2. The standard InChI is InChI=1S/C14H11Cl2N3O5/c15-8-1-2-10(9(16)5-8)17-12(21)7-24-13(22)6-19-4-3-11(20)18-14(19)23/h1-5H,6-7H2,(H,17,21)(H,18,20,23). The molecule has 0 atom stereocenters. The number of aromatic amines is 1. The summed E-state index contributed by atoms with van der Waals surface area (Å²) in [6, 6.07) is 5.58. The molecule has 0 aliphatic heterocycles. The molecule has 0 saturated heterocycles. The topological polar surface area (TPSA) is 110 Å². The Kier molecular flexibility index (Phi) is 5.78. The Morgan fingerprint density at radius 2 is 1.96 bits per heavy atom. The zero-order valence-corrected chi connectivity index (χ0v) is 13.6. The van der Waals surface area contributed by atoms with Crippen LogP contribution in [-0.2, 0) is 20.9 Å². The normalized spacial score (nSPS) is 10.2. The monoisotopic (exact) mass is 371 g/mol. The second-order valence-corrected chi connectivity index (χ2v) is 5.41. The molecule has 0 spiro atoms. The summed E-state index contributed by atoms with van der Waals surface area (Å²) in [5, 5.41) is 3.10. The number of esters is 1. The highest BCUT2D eigenvalue weighted by Gasteiger charge is 2.11. The van der Waals surface area contributed by atoms with Crippen LogP contribution < -0.4 is 16.6 Å². The van der Waals surface area contributed by atoms with Crippen LogP contribution in [-0.4, -0.2) is 28.0 Å². The molecule has 0 unspecified atom stereocenters. The van der Waals surface area contributed by atoms with Gasteiger partial charge in [-0.25, -0.2) is 4.79 Å². The lowest BCUT2D eigenvalue weighted by Gasteiger charge is -2.09. The van der Waals surface area contributed by atoms with E-state index in [1.54, 1.807) is 0 Å². The van der Waals surface area contributed by atoms with Crippen LogP contribution in [0.5, 0.6) is 0 Å². The lowest BCUT2D eigenvalue weighted by atomic mass is 10.3. The number of nitrogens with one attached hydrogen (secondary N) is 2. The van der Waals surface area contributed by atoms with E-state index in [0.717, 1.165) is 16.8 Å². The summed E-state index contributed by atoms with van der Waals surface area (Å²) in [5.74, 6) is -1.43. The van der Waals surface area contributed by atoms with Gasteiger partial charge in [0.25, 0.3) is 11.5 Å². The Morgan fingerprint density at radius 3 is 2.62 bits per heavy atom. The largest absolute Gasteiger partial charge is 0.454 e. The first-order valence-corrected chi connectivity index (χ1v) is 7.31. The Bertz CT molecular complexity index is 890. The molecule has 0 aliphatic rings. The van der Waals surface area contributed by atoms with Crippen molar-refractivity contribution in [2.75, 3.05) is 11.9 Å². The van der Waals surface area contributed by atoms with Gasteiger partial charge >= 0.3 is 11.7 Å². The van der Waals surface area contributed by atoms with Crippen LogP contribution in [0.25, 0.3) is 0 Å². The van der Waals surface area contributed by atoms with E-state index in [1.165, 1.54) is 18.2 Å². The van der Waals surface area contributed by atoms with Crippen LogP contribution in [0.3, 0.4) is 0 Å². The van der Waals surface area contributed by atoms with E-state index in [9.17, 15) is 19.2 Å². The van der Waals surface area contributed by atoms with Gasteiger partial charge in [-0.3, -0.25) is 23.9 Å². The molecule has 0 saturated carbocycles. The number of amides is 1. The maximum Gasteiger partial charge on any atom is 0.328 e. The highest BCUT2D eigenvalue weighted by molar-refractivity contribution is 6.36. The van der Waals surface area contributed by atoms with E-state index in [1.807, 2.05) is 4.98 Å². The molecular weight excluding hydrogens is 361 g/mol. The second kappa shape index (κ2) is 7.80. The summed E-state index contributed by atoms with van der Waals surface area (Å²) < 4.78 is 5.70. The molecule has 0 radical (unpaired) electrons. The fourth-order valence-electron chi connectivity index (χ4n) is 1.68. The highest BCUT2D eigenvalue weighted by atomic mass is 35.5. The second-order valence-electron chi connectivity index (χ2n) is 4.57. The Balaban J connectivity index is 1.88. The minimum Gasteiger partial charge on any atom is -0.454 e. The van der Waals surface area contributed by atoms with Gasteiger partial charge in [0.15, 0.2) is 6.61 Å². The number of hydrogen-bond donors (Lipinski definition) is 2. The van der Waals surface area contributed by atoms with E-state index in [4.69, 9.17) is 27.9 Å². The van der Waals surface area contributed by atoms with Crippen molar-refractivity contribution < 1.29 is 14.3 Å². The number of H-pyrrole nitrogens is 1. The lowest BCUT2D eigenvalue weighted by Crippen LogP contribution is -2.32. The first-order valence-electron chi connectivity index (χ1n) is 6.55. The van der Waals surface area contributed by atoms with Crippen LogP contribution in [0, 0.1) is 0 Å². The molecule has 2 rings (SSSR count). The lowest BCUT2D eigenvalue weighted by molar-refractivity contribution is -0.148. The molecule has 2 aromatic rings. The third-order valence-electron chi connectivity index (χ3n) is 2.77. The Morgan fingerprint density at radius 1 is 1.21 bits per heavy atom. The molecule has 0 bridgehead atoms. The SMILES string of the molecule is O=C(COC(=O)Cn1ccc(=O)[nH]c1=O)Nc1ccc(Cl)cc1Cl. The Hall–Kier alpha value is -2.58. The van der Waals surface area contributed by atoms with Crippen molar-refractivity contribution in [1.82, 2.24) is 9.55 Å². The molecule has 10 heteroatoms. The van der Waals surface area contributed by atoms with Gasteiger partial charge in [0.2, 0.25) is 0 Å². The number of hydrogen-bond acceptors (Lipinski definition) is 5. The van der Waals surface area contributed by atoms with Crippen molar-refractivity contribution in [3.63, 3.8) is 0 Å². The van der Waals surface area contributed by atoms with Gasteiger partial charge in [-0.1, -0.05) is 23.2 Å². The van der Waals surface area contributed by atoms with Crippen LogP contribution in [0.2, 0.25) is 10.0 Å². The van der Waals surface area contributed by atoms with Gasteiger partial charge in [0.1, 0.15) is 6.54 Å². The quantitative estimate of drug-likeness (QED) is 0.762. The number of nitrogens with zero attached hydrogens (tertiary/aromatic N) is 1. The first-order chi connectivity index (χ1) is 11.3. The molecule has 1 heterocycles. The summed E-state index contributed by atoms with van der Waals surface area (Å²) in [7, 11) is 0. The molecule has 1 aromatic heterocycles. The van der Waals surface area contributed by atoms with Crippen molar-refractivity contribution in [3.8, 4) is 0 Å². The third-order valence-corrected chi connectivity index (χ3v) is 3.31. The van der Waals surface area contributed by atoms with Crippen LogP contribution in [0.4, 0.5) is 5.69 Å². The van der Waals surface area contributed by atoms with Crippen molar-refractivity contribution in [1.29, 1.82) is 0 Å². The molecule has 0 aliphatic carbocycles. The summed E-state index contributed by atoms with van der Waals surface area (Å²) in [4.78, 5) is 47.7. The van der Waals surface area contributed by atoms with Crippen molar-refractivity contribution in [2.24, 2.45) is 0 Å². The van der Waals surface area contributed by atoms with Crippen LogP contribution in [0.1, 0.15) is 0 Å². The molecule has 2 N–H and O–H groups in total. The van der Waals surface area contributed by atoms with E-state index >= 15 is 0 Å². The van der Waals surface area contributed by atoms with Gasteiger partial charge in [-0.2, -0.15) is 0 Å². The zero-order chi connectivity index (χ0) is 17.7. The van der Waals surface area contributed by atoms with E-state index in [2.05, 4.69) is 5.32 Å². The van der Waals surface area contributed by atoms with Gasteiger partial charge in [0.05, 0.1) is 10.7 Å². The third kappa shape index (κ3) is 4.97. The fourth-order valence-corrected chi connectivity index (χ4v) is 2.13. The number of benzene rings is 1. The first kappa shape index (κ1) is 17.8. The maximum absolute atomic E-state index is 11.7. The summed E-state index contributed by atoms with van der Waals surface area (Å²) in [6.45, 7) is -1.000. The zero-order valence-electron chi connectivity index (χ0n) is 12.0. The smallest absolute Gasteiger partial charge is 0.328 e. The predicted octanol–water partition coefficient (Wildman–Crippen LogP) is 1.03. The highest BCUT2D eigenvalue weighted by Crippen LogP contribution is 2.25. The van der Waals surface area contributed by atoms with Gasteiger partial charge in [-0.05, 0) is 18.2 Å².